The van der Waals surface area contributed by atoms with E-state index in [2.05, 4.69) is 6.58 Å². The summed E-state index contributed by atoms with van der Waals surface area (Å²) in [5.74, 6) is 0. The number of anilines is 1. The summed E-state index contributed by atoms with van der Waals surface area (Å²) in [5, 5.41) is 8.24. The zero-order valence-corrected chi connectivity index (χ0v) is 7.93. The van der Waals surface area contributed by atoms with Crippen molar-refractivity contribution in [2.24, 2.45) is 0 Å². The first-order valence-electron chi connectivity index (χ1n) is 3.89. The van der Waals surface area contributed by atoms with Gasteiger partial charge in [0.1, 0.15) is 0 Å². The van der Waals surface area contributed by atoms with E-state index in [1.54, 1.807) is 24.3 Å². The third-order valence-electron chi connectivity index (χ3n) is 1.69. The van der Waals surface area contributed by atoms with Crippen LogP contribution in [0, 0.1) is 5.41 Å². The summed E-state index contributed by atoms with van der Waals surface area (Å²) < 4.78 is 0. The van der Waals surface area contributed by atoms with Gasteiger partial charge in [0.15, 0.2) is 0 Å². The summed E-state index contributed by atoms with van der Waals surface area (Å²) in [6, 6.07) is 5.13. The van der Waals surface area contributed by atoms with E-state index in [0.717, 1.165) is 5.56 Å². The average molecular weight is 195 g/mol. The van der Waals surface area contributed by atoms with E-state index in [9.17, 15) is 0 Å². The molecule has 0 heterocycles. The number of nitrogen functional groups attached to an aromatic ring is 1. The fourth-order valence-electron chi connectivity index (χ4n) is 1.06. The molecule has 68 valence electrons. The quantitative estimate of drug-likeness (QED) is 0.434. The van der Waals surface area contributed by atoms with E-state index in [1.165, 1.54) is 0 Å². The lowest BCUT2D eigenvalue weighted by molar-refractivity contribution is 1.36. The van der Waals surface area contributed by atoms with Gasteiger partial charge in [0.05, 0.1) is 0 Å². The van der Waals surface area contributed by atoms with Crippen LogP contribution in [-0.2, 0) is 0 Å². The molecule has 2 nitrogen and oxygen atoms in total. The number of nitrogens with two attached hydrogens (primary N) is 1. The van der Waals surface area contributed by atoms with Gasteiger partial charge in [-0.3, -0.25) is 0 Å². The number of hydrogen-bond acceptors (Lipinski definition) is 2. The van der Waals surface area contributed by atoms with Crippen molar-refractivity contribution in [3.8, 4) is 0 Å². The molecule has 1 aromatic rings. The van der Waals surface area contributed by atoms with Crippen LogP contribution in [0.2, 0.25) is 5.02 Å². The first kappa shape index (κ1) is 9.81. The van der Waals surface area contributed by atoms with Crippen molar-refractivity contribution < 1.29 is 0 Å². The van der Waals surface area contributed by atoms with Gasteiger partial charge in [-0.2, -0.15) is 0 Å². The maximum absolute atomic E-state index is 7.65. The molecule has 1 aromatic carbocycles. The first-order chi connectivity index (χ1) is 6.15. The van der Waals surface area contributed by atoms with Crippen molar-refractivity contribution in [3.63, 3.8) is 0 Å². The van der Waals surface area contributed by atoms with Crippen LogP contribution < -0.4 is 5.73 Å². The number of nitrogens with one attached hydrogen (secondary N) is 1. The van der Waals surface area contributed by atoms with Crippen LogP contribution >= 0.6 is 11.6 Å². The molecular formula is C10H11ClN2. The van der Waals surface area contributed by atoms with Gasteiger partial charge >= 0.3 is 0 Å². The van der Waals surface area contributed by atoms with Crippen LogP contribution in [0.15, 0.2) is 30.9 Å². The van der Waals surface area contributed by atoms with Crippen molar-refractivity contribution in [1.29, 1.82) is 5.41 Å². The third-order valence-corrected chi connectivity index (χ3v) is 1.92. The molecule has 0 atom stereocenters. The molecule has 0 aliphatic carbocycles. The lowest BCUT2D eigenvalue weighted by atomic mass is 10.1. The van der Waals surface area contributed by atoms with Crippen molar-refractivity contribution in [2.45, 2.75) is 6.42 Å². The van der Waals surface area contributed by atoms with Crippen LogP contribution in [0.1, 0.15) is 12.0 Å². The fraction of sp³-hybridized carbons (Fsp3) is 0.100. The second-order valence-electron chi connectivity index (χ2n) is 2.70. The lowest BCUT2D eigenvalue weighted by Gasteiger charge is -2.05. The van der Waals surface area contributed by atoms with Crippen LogP contribution in [0.5, 0.6) is 0 Å². The fourth-order valence-corrected chi connectivity index (χ4v) is 1.24. The highest BCUT2D eigenvalue weighted by Crippen LogP contribution is 2.19. The summed E-state index contributed by atoms with van der Waals surface area (Å²) in [4.78, 5) is 0. The minimum atomic E-state index is 0.462. The number of rotatable bonds is 3. The second kappa shape index (κ2) is 4.10. The van der Waals surface area contributed by atoms with Crippen LogP contribution in [-0.4, -0.2) is 5.71 Å². The average Bonchev–Trinajstić information content (AvgIpc) is 2.04. The lowest BCUT2D eigenvalue weighted by Crippen LogP contribution is -2.02. The summed E-state index contributed by atoms with van der Waals surface area (Å²) in [6.45, 7) is 3.57. The van der Waals surface area contributed by atoms with Crippen molar-refractivity contribution in [3.05, 3.63) is 41.4 Å². The van der Waals surface area contributed by atoms with Crippen LogP contribution in [0.4, 0.5) is 5.69 Å². The standard InChI is InChI=1S/C10H11ClN2/c1-2-3-9(12)8-5-4-7(11)6-10(8)13/h2,4-6,12H,1,3,13H2. The molecule has 0 unspecified atom stereocenters. The molecule has 0 aliphatic heterocycles. The third kappa shape index (κ3) is 2.33. The largest absolute Gasteiger partial charge is 0.398 e. The minimum Gasteiger partial charge on any atom is -0.398 e. The normalized spacial score (nSPS) is 9.62. The summed E-state index contributed by atoms with van der Waals surface area (Å²) >= 11 is 5.73. The Morgan fingerprint density at radius 2 is 2.31 bits per heavy atom. The molecule has 13 heavy (non-hydrogen) atoms. The number of benzene rings is 1. The molecule has 0 bridgehead atoms. The zero-order valence-electron chi connectivity index (χ0n) is 7.18. The highest BCUT2D eigenvalue weighted by atomic mass is 35.5. The van der Waals surface area contributed by atoms with E-state index in [-0.39, 0.29) is 0 Å². The van der Waals surface area contributed by atoms with Gasteiger partial charge in [0.25, 0.3) is 0 Å². The molecule has 0 saturated carbocycles. The predicted octanol–water partition coefficient (Wildman–Crippen LogP) is 2.87. The summed E-state index contributed by atoms with van der Waals surface area (Å²) in [5.41, 5.74) is 7.42. The van der Waals surface area contributed by atoms with Gasteiger partial charge in [-0.15, -0.1) is 6.58 Å². The van der Waals surface area contributed by atoms with E-state index in [4.69, 9.17) is 22.7 Å². The van der Waals surface area contributed by atoms with Crippen molar-refractivity contribution in [2.75, 3.05) is 5.73 Å². The molecule has 0 aromatic heterocycles. The highest BCUT2D eigenvalue weighted by Gasteiger charge is 2.03. The number of allylic oxidation sites excluding steroid dienone is 1. The minimum absolute atomic E-state index is 0.462. The first-order valence-corrected chi connectivity index (χ1v) is 4.26. The van der Waals surface area contributed by atoms with E-state index in [1.807, 2.05) is 0 Å². The predicted molar refractivity (Wildman–Crippen MR) is 57.5 cm³/mol. The molecule has 0 spiro atoms. The molecule has 0 aliphatic rings. The summed E-state index contributed by atoms with van der Waals surface area (Å²) in [7, 11) is 0. The van der Waals surface area contributed by atoms with Gasteiger partial charge < -0.3 is 11.1 Å². The van der Waals surface area contributed by atoms with Gasteiger partial charge in [-0.25, -0.2) is 0 Å². The van der Waals surface area contributed by atoms with Gasteiger partial charge in [-0.05, 0) is 18.2 Å². The van der Waals surface area contributed by atoms with Crippen molar-refractivity contribution >= 4 is 23.0 Å². The highest BCUT2D eigenvalue weighted by molar-refractivity contribution is 6.31. The molecule has 0 amide bonds. The SMILES string of the molecule is C=CCC(=N)c1ccc(Cl)cc1N. The van der Waals surface area contributed by atoms with Crippen LogP contribution in [0.25, 0.3) is 0 Å². The van der Waals surface area contributed by atoms with Gasteiger partial charge in [0, 0.05) is 28.4 Å². The van der Waals surface area contributed by atoms with Crippen molar-refractivity contribution in [1.82, 2.24) is 0 Å². The van der Waals surface area contributed by atoms with Crippen LogP contribution in [0.3, 0.4) is 0 Å². The van der Waals surface area contributed by atoms with E-state index < -0.39 is 0 Å². The maximum atomic E-state index is 7.65. The van der Waals surface area contributed by atoms with Gasteiger partial charge in [-0.1, -0.05) is 17.7 Å². The molecule has 0 fully saturated rings. The second-order valence-corrected chi connectivity index (χ2v) is 3.14. The number of hydrogen-bond donors (Lipinski definition) is 2. The molecule has 3 N–H and O–H groups in total. The Morgan fingerprint density at radius 1 is 1.62 bits per heavy atom. The Hall–Kier alpha value is -1.28. The molecule has 3 heteroatoms. The maximum Gasteiger partial charge on any atom is 0.0444 e. The summed E-state index contributed by atoms with van der Waals surface area (Å²) in [6.07, 6.45) is 2.20. The smallest absolute Gasteiger partial charge is 0.0444 e. The Kier molecular flexibility index (Phi) is 3.09. The monoisotopic (exact) mass is 194 g/mol. The Morgan fingerprint density at radius 3 is 2.85 bits per heavy atom. The molecular weight excluding hydrogens is 184 g/mol. The topological polar surface area (TPSA) is 49.9 Å². The Bertz CT molecular complexity index is 345. The molecule has 0 radical (unpaired) electrons. The van der Waals surface area contributed by atoms with E-state index >= 15 is 0 Å². The number of halogens is 1. The van der Waals surface area contributed by atoms with Gasteiger partial charge in [0.2, 0.25) is 0 Å². The molecule has 1 rings (SSSR count). The Labute approximate surface area is 82.5 Å². The zero-order chi connectivity index (χ0) is 9.84. The molecule has 0 saturated heterocycles. The van der Waals surface area contributed by atoms with E-state index in [0.29, 0.717) is 22.8 Å². The Balaban J connectivity index is 3.01.